The molecule has 2 aromatic carbocycles. The molecule has 34 heavy (non-hydrogen) atoms. The van der Waals surface area contributed by atoms with E-state index in [4.69, 9.17) is 16.3 Å². The number of anilines is 1. The van der Waals surface area contributed by atoms with Crippen LogP contribution >= 0.6 is 11.6 Å². The van der Waals surface area contributed by atoms with Crippen LogP contribution in [0.1, 0.15) is 11.1 Å². The molecule has 0 aromatic heterocycles. The summed E-state index contributed by atoms with van der Waals surface area (Å²) in [7, 11) is 0. The van der Waals surface area contributed by atoms with E-state index in [2.05, 4.69) is 0 Å². The number of alkyl halides is 3. The van der Waals surface area contributed by atoms with Crippen LogP contribution in [0.2, 0.25) is 5.02 Å². The highest BCUT2D eigenvalue weighted by atomic mass is 35.5. The average Bonchev–Trinajstić information content (AvgIpc) is 2.81. The third kappa shape index (κ3) is 6.47. The number of carbonyl (C=O) groups is 2. The van der Waals surface area contributed by atoms with Crippen LogP contribution in [-0.2, 0) is 20.5 Å². The van der Waals surface area contributed by atoms with Gasteiger partial charge >= 0.3 is 12.1 Å². The lowest BCUT2D eigenvalue weighted by molar-refractivity contribution is -0.384. The average molecular weight is 498 g/mol. The highest BCUT2D eigenvalue weighted by molar-refractivity contribution is 6.32. The first-order valence-electron chi connectivity index (χ1n) is 10.0. The lowest BCUT2D eigenvalue weighted by Crippen LogP contribution is -2.49. The summed E-state index contributed by atoms with van der Waals surface area (Å²) in [6.45, 7) is 0.674. The zero-order valence-corrected chi connectivity index (χ0v) is 18.4. The van der Waals surface area contributed by atoms with Crippen molar-refractivity contribution in [1.82, 2.24) is 4.90 Å². The molecule has 0 saturated carbocycles. The van der Waals surface area contributed by atoms with E-state index in [1.165, 1.54) is 35.2 Å². The zero-order valence-electron chi connectivity index (χ0n) is 17.6. The minimum absolute atomic E-state index is 0.0384. The van der Waals surface area contributed by atoms with Crippen LogP contribution < -0.4 is 4.90 Å². The van der Waals surface area contributed by atoms with Gasteiger partial charge in [-0.05, 0) is 35.9 Å². The van der Waals surface area contributed by atoms with Gasteiger partial charge in [0.1, 0.15) is 5.02 Å². The summed E-state index contributed by atoms with van der Waals surface area (Å²) in [5.74, 6) is -1.25. The molecule has 0 unspecified atom stereocenters. The van der Waals surface area contributed by atoms with E-state index in [1.807, 2.05) is 0 Å². The van der Waals surface area contributed by atoms with E-state index < -0.39 is 35.1 Å². The Morgan fingerprint density at radius 3 is 2.47 bits per heavy atom. The monoisotopic (exact) mass is 497 g/mol. The van der Waals surface area contributed by atoms with Crippen LogP contribution in [0.4, 0.5) is 24.5 Å². The van der Waals surface area contributed by atoms with Crippen LogP contribution in [0.25, 0.3) is 6.08 Å². The Bertz CT molecular complexity index is 1120. The molecule has 3 rings (SSSR count). The van der Waals surface area contributed by atoms with Crippen molar-refractivity contribution in [3.8, 4) is 0 Å². The van der Waals surface area contributed by atoms with Crippen LogP contribution in [0.3, 0.4) is 0 Å². The Balaban J connectivity index is 1.48. The molecule has 12 heteroatoms. The van der Waals surface area contributed by atoms with E-state index in [-0.39, 0.29) is 23.8 Å². The number of nitrogens with zero attached hydrogens (tertiary/aromatic N) is 3. The van der Waals surface area contributed by atoms with Gasteiger partial charge in [-0.3, -0.25) is 14.9 Å². The fourth-order valence-corrected chi connectivity index (χ4v) is 3.49. The number of rotatable bonds is 6. The molecular formula is C22H19ClF3N3O5. The molecule has 0 atom stereocenters. The van der Waals surface area contributed by atoms with Gasteiger partial charge in [0.05, 0.1) is 10.5 Å². The van der Waals surface area contributed by atoms with Crippen LogP contribution in [-0.4, -0.2) is 54.5 Å². The fraction of sp³-hybridized carbons (Fsp3) is 0.273. The standard InChI is InChI=1S/C22H19ClF3N3O5/c23-18-6-4-15(12-19(18)29(32)33)5-7-21(31)34-14-20(30)28-10-8-27(9-11-28)17-3-1-2-16(13-17)22(24,25)26/h1-7,12-13H,8-11,14H2/b7-5+. The Morgan fingerprint density at radius 2 is 1.82 bits per heavy atom. The topological polar surface area (TPSA) is 93.0 Å². The van der Waals surface area contributed by atoms with E-state index >= 15 is 0 Å². The first-order valence-corrected chi connectivity index (χ1v) is 10.4. The minimum atomic E-state index is -4.44. The number of benzene rings is 2. The quantitative estimate of drug-likeness (QED) is 0.257. The predicted octanol–water partition coefficient (Wildman–Crippen LogP) is 4.17. The highest BCUT2D eigenvalue weighted by Crippen LogP contribution is 2.32. The van der Waals surface area contributed by atoms with Gasteiger partial charge in [0.15, 0.2) is 6.61 Å². The maximum atomic E-state index is 12.9. The minimum Gasteiger partial charge on any atom is -0.452 e. The van der Waals surface area contributed by atoms with Crippen molar-refractivity contribution in [2.75, 3.05) is 37.7 Å². The fourth-order valence-electron chi connectivity index (χ4n) is 3.30. The third-order valence-corrected chi connectivity index (χ3v) is 5.41. The molecule has 1 aliphatic rings. The van der Waals surface area contributed by atoms with Crippen molar-refractivity contribution in [3.05, 3.63) is 74.8 Å². The Hall–Kier alpha value is -3.60. The molecule has 0 aliphatic carbocycles. The summed E-state index contributed by atoms with van der Waals surface area (Å²) in [4.78, 5) is 37.7. The van der Waals surface area contributed by atoms with Gasteiger partial charge in [0.2, 0.25) is 0 Å². The summed E-state index contributed by atoms with van der Waals surface area (Å²) < 4.78 is 43.7. The van der Waals surface area contributed by atoms with Crippen molar-refractivity contribution >= 4 is 40.9 Å². The first kappa shape index (κ1) is 25.0. The van der Waals surface area contributed by atoms with E-state index in [9.17, 15) is 32.9 Å². The molecule has 2 aromatic rings. The number of ether oxygens (including phenoxy) is 1. The van der Waals surface area contributed by atoms with Gasteiger partial charge < -0.3 is 14.5 Å². The zero-order chi connectivity index (χ0) is 24.9. The largest absolute Gasteiger partial charge is 0.452 e. The summed E-state index contributed by atoms with van der Waals surface area (Å²) in [6.07, 6.45) is -2.11. The second-order valence-corrected chi connectivity index (χ2v) is 7.73. The Labute approximate surface area is 197 Å². The molecule has 0 N–H and O–H groups in total. The molecule has 0 bridgehead atoms. The number of piperazine rings is 1. The van der Waals surface area contributed by atoms with E-state index in [0.29, 0.717) is 24.3 Å². The molecule has 1 saturated heterocycles. The molecule has 8 nitrogen and oxygen atoms in total. The molecule has 0 spiro atoms. The summed E-state index contributed by atoms with van der Waals surface area (Å²) >= 11 is 5.73. The summed E-state index contributed by atoms with van der Waals surface area (Å²) in [6, 6.07) is 8.99. The second-order valence-electron chi connectivity index (χ2n) is 7.32. The lowest BCUT2D eigenvalue weighted by atomic mass is 10.1. The van der Waals surface area contributed by atoms with Gasteiger partial charge in [-0.1, -0.05) is 23.7 Å². The predicted molar refractivity (Wildman–Crippen MR) is 118 cm³/mol. The van der Waals surface area contributed by atoms with Gasteiger partial charge in [-0.15, -0.1) is 0 Å². The maximum absolute atomic E-state index is 12.9. The van der Waals surface area contributed by atoms with E-state index in [0.717, 1.165) is 18.2 Å². The first-order chi connectivity index (χ1) is 16.0. The van der Waals surface area contributed by atoms with Crippen molar-refractivity contribution in [2.45, 2.75) is 6.18 Å². The molecule has 1 heterocycles. The van der Waals surface area contributed by atoms with E-state index in [1.54, 1.807) is 11.0 Å². The van der Waals surface area contributed by atoms with Crippen molar-refractivity contribution < 1.29 is 32.4 Å². The molecular weight excluding hydrogens is 479 g/mol. The number of nitro groups is 1. The summed E-state index contributed by atoms with van der Waals surface area (Å²) in [5, 5.41) is 10.9. The molecule has 1 amide bonds. The number of halogens is 4. The number of carbonyl (C=O) groups excluding carboxylic acids is 2. The lowest BCUT2D eigenvalue weighted by Gasteiger charge is -2.36. The number of hydrogen-bond donors (Lipinski definition) is 0. The molecule has 1 aliphatic heterocycles. The van der Waals surface area contributed by atoms with Crippen molar-refractivity contribution in [1.29, 1.82) is 0 Å². The second kappa shape index (κ2) is 10.6. The number of esters is 1. The maximum Gasteiger partial charge on any atom is 0.416 e. The smallest absolute Gasteiger partial charge is 0.416 e. The third-order valence-electron chi connectivity index (χ3n) is 5.09. The number of hydrogen-bond acceptors (Lipinski definition) is 6. The molecule has 180 valence electrons. The molecule has 1 fully saturated rings. The van der Waals surface area contributed by atoms with Gasteiger partial charge in [0, 0.05) is 44.0 Å². The summed E-state index contributed by atoms with van der Waals surface area (Å²) in [5.41, 5.74) is -0.278. The van der Waals surface area contributed by atoms with Crippen molar-refractivity contribution in [3.63, 3.8) is 0 Å². The Kier molecular flexibility index (Phi) is 7.77. The Morgan fingerprint density at radius 1 is 1.12 bits per heavy atom. The normalized spacial score (nSPS) is 14.4. The van der Waals surface area contributed by atoms with Crippen molar-refractivity contribution in [2.24, 2.45) is 0 Å². The van der Waals surface area contributed by atoms with Crippen LogP contribution in [0, 0.1) is 10.1 Å². The number of amides is 1. The van der Waals surface area contributed by atoms with Crippen LogP contribution in [0.15, 0.2) is 48.5 Å². The van der Waals surface area contributed by atoms with Crippen LogP contribution in [0.5, 0.6) is 0 Å². The SMILES string of the molecule is O=C(/C=C/c1ccc(Cl)c([N+](=O)[O-])c1)OCC(=O)N1CCN(c2cccc(C(F)(F)F)c2)CC1. The van der Waals surface area contributed by atoms with Gasteiger partial charge in [0.25, 0.3) is 11.6 Å². The molecule has 0 radical (unpaired) electrons. The van der Waals surface area contributed by atoms with Gasteiger partial charge in [-0.25, -0.2) is 4.79 Å². The number of nitro benzene ring substituents is 1. The highest BCUT2D eigenvalue weighted by Gasteiger charge is 2.31. The van der Waals surface area contributed by atoms with Gasteiger partial charge in [-0.2, -0.15) is 13.2 Å².